The number of ether oxygens (including phenoxy) is 1. The van der Waals surface area contributed by atoms with Crippen LogP contribution in [0.5, 0.6) is 0 Å². The zero-order valence-corrected chi connectivity index (χ0v) is 14.0. The fourth-order valence-electron chi connectivity index (χ4n) is 2.74. The Bertz CT molecular complexity index is 490. The molecule has 1 aromatic heterocycles. The fourth-order valence-corrected chi connectivity index (χ4v) is 3.61. The van der Waals surface area contributed by atoms with Crippen molar-refractivity contribution in [2.45, 2.75) is 26.2 Å². The number of piperidine rings is 1. The smallest absolute Gasteiger partial charge is 0.317 e. The van der Waals surface area contributed by atoms with Gasteiger partial charge in [-0.1, -0.05) is 13.0 Å². The van der Waals surface area contributed by atoms with E-state index in [-0.39, 0.29) is 17.9 Å². The zero-order valence-electron chi connectivity index (χ0n) is 13.2. The van der Waals surface area contributed by atoms with Gasteiger partial charge in [0.05, 0.1) is 13.0 Å². The van der Waals surface area contributed by atoms with Crippen molar-refractivity contribution in [1.29, 1.82) is 0 Å². The summed E-state index contributed by atoms with van der Waals surface area (Å²) >= 11 is 1.75. The quantitative estimate of drug-likeness (QED) is 0.847. The van der Waals surface area contributed by atoms with Crippen LogP contribution in [0.25, 0.3) is 0 Å². The first-order valence-corrected chi connectivity index (χ1v) is 8.61. The second kappa shape index (κ2) is 8.17. The van der Waals surface area contributed by atoms with Gasteiger partial charge in [0.15, 0.2) is 0 Å². The second-order valence-electron chi connectivity index (χ2n) is 5.88. The number of nitrogens with zero attached hydrogens (tertiary/aromatic N) is 1. The summed E-state index contributed by atoms with van der Waals surface area (Å²) in [7, 11) is 1.40. The van der Waals surface area contributed by atoms with Crippen LogP contribution in [0.4, 0.5) is 4.79 Å². The number of esters is 1. The molecule has 0 aromatic carbocycles. The number of hydrogen-bond acceptors (Lipinski definition) is 4. The van der Waals surface area contributed by atoms with Crippen molar-refractivity contribution in [3.8, 4) is 0 Å². The van der Waals surface area contributed by atoms with Crippen LogP contribution in [0.2, 0.25) is 0 Å². The van der Waals surface area contributed by atoms with Gasteiger partial charge in [0.1, 0.15) is 0 Å². The van der Waals surface area contributed by atoms with Gasteiger partial charge in [-0.2, -0.15) is 0 Å². The molecule has 6 heteroatoms. The van der Waals surface area contributed by atoms with Gasteiger partial charge in [0.2, 0.25) is 0 Å². The second-order valence-corrected chi connectivity index (χ2v) is 6.92. The van der Waals surface area contributed by atoms with Gasteiger partial charge in [-0.15, -0.1) is 11.3 Å². The van der Waals surface area contributed by atoms with Crippen molar-refractivity contribution < 1.29 is 14.3 Å². The Morgan fingerprint density at radius 1 is 1.55 bits per heavy atom. The van der Waals surface area contributed by atoms with E-state index in [1.165, 1.54) is 12.0 Å². The van der Waals surface area contributed by atoms with Crippen LogP contribution < -0.4 is 5.32 Å². The van der Waals surface area contributed by atoms with Gasteiger partial charge >= 0.3 is 12.0 Å². The molecule has 5 nitrogen and oxygen atoms in total. The van der Waals surface area contributed by atoms with E-state index in [1.54, 1.807) is 16.2 Å². The lowest BCUT2D eigenvalue weighted by Gasteiger charge is -2.31. The van der Waals surface area contributed by atoms with E-state index < -0.39 is 0 Å². The lowest BCUT2D eigenvalue weighted by Crippen LogP contribution is -2.48. The first-order valence-electron chi connectivity index (χ1n) is 7.73. The molecule has 1 aliphatic rings. The summed E-state index contributed by atoms with van der Waals surface area (Å²) in [5.74, 6) is -0.0135. The average molecular weight is 324 g/mol. The summed E-state index contributed by atoms with van der Waals surface area (Å²) in [5.41, 5.74) is 0. The molecule has 0 aliphatic carbocycles. The molecule has 1 fully saturated rings. The molecule has 1 aliphatic heterocycles. The predicted octanol–water partition coefficient (Wildman–Crippen LogP) is 2.52. The molecule has 1 N–H and O–H groups in total. The van der Waals surface area contributed by atoms with Gasteiger partial charge in [-0.3, -0.25) is 4.79 Å². The number of carbonyl (C=O) groups is 2. The van der Waals surface area contributed by atoms with E-state index in [0.29, 0.717) is 25.6 Å². The topological polar surface area (TPSA) is 58.6 Å². The monoisotopic (exact) mass is 324 g/mol. The number of methoxy groups -OCH3 is 1. The van der Waals surface area contributed by atoms with E-state index in [4.69, 9.17) is 4.74 Å². The Balaban J connectivity index is 1.75. The van der Waals surface area contributed by atoms with Crippen LogP contribution in [0.3, 0.4) is 0 Å². The molecule has 1 aromatic rings. The van der Waals surface area contributed by atoms with Gasteiger partial charge in [0.25, 0.3) is 0 Å². The number of nitrogens with one attached hydrogen (secondary N) is 1. The van der Waals surface area contributed by atoms with Crippen LogP contribution in [-0.2, 0) is 16.0 Å². The van der Waals surface area contributed by atoms with Gasteiger partial charge in [0, 0.05) is 24.5 Å². The molecule has 0 spiro atoms. The summed E-state index contributed by atoms with van der Waals surface area (Å²) in [6.45, 7) is 3.94. The van der Waals surface area contributed by atoms with Gasteiger partial charge < -0.3 is 15.0 Å². The van der Waals surface area contributed by atoms with E-state index >= 15 is 0 Å². The summed E-state index contributed by atoms with van der Waals surface area (Å²) in [6.07, 6.45) is 2.62. The summed E-state index contributed by atoms with van der Waals surface area (Å²) in [6, 6.07) is 4.09. The number of amides is 2. The van der Waals surface area contributed by atoms with Crippen molar-refractivity contribution in [2.24, 2.45) is 11.8 Å². The molecule has 2 atom stereocenters. The molecule has 2 heterocycles. The number of thiophene rings is 1. The van der Waals surface area contributed by atoms with Gasteiger partial charge in [-0.25, -0.2) is 4.79 Å². The van der Waals surface area contributed by atoms with Crippen molar-refractivity contribution in [1.82, 2.24) is 10.2 Å². The van der Waals surface area contributed by atoms with E-state index in [0.717, 1.165) is 19.3 Å². The molecule has 0 bridgehead atoms. The van der Waals surface area contributed by atoms with Crippen molar-refractivity contribution in [3.63, 3.8) is 0 Å². The van der Waals surface area contributed by atoms with E-state index in [1.807, 2.05) is 6.07 Å². The minimum absolute atomic E-state index is 0.0772. The minimum Gasteiger partial charge on any atom is -0.469 e. The maximum atomic E-state index is 12.2. The zero-order chi connectivity index (χ0) is 15.9. The highest BCUT2D eigenvalue weighted by Crippen LogP contribution is 2.18. The maximum absolute atomic E-state index is 12.2. The molecule has 1 saturated heterocycles. The first-order chi connectivity index (χ1) is 10.6. The highest BCUT2D eigenvalue weighted by Gasteiger charge is 2.28. The highest BCUT2D eigenvalue weighted by molar-refractivity contribution is 7.09. The molecule has 0 saturated carbocycles. The first kappa shape index (κ1) is 16.8. The maximum Gasteiger partial charge on any atom is 0.317 e. The lowest BCUT2D eigenvalue weighted by atomic mass is 9.98. The highest BCUT2D eigenvalue weighted by atomic mass is 32.1. The van der Waals surface area contributed by atoms with E-state index in [9.17, 15) is 9.59 Å². The summed E-state index contributed by atoms with van der Waals surface area (Å²) < 4.78 is 4.78. The molecular weight excluding hydrogens is 300 g/mol. The lowest BCUT2D eigenvalue weighted by molar-refractivity contribution is -0.146. The number of rotatable bonds is 5. The fraction of sp³-hybridized carbons (Fsp3) is 0.625. The molecule has 22 heavy (non-hydrogen) atoms. The Kier molecular flexibility index (Phi) is 6.24. The predicted molar refractivity (Wildman–Crippen MR) is 86.9 cm³/mol. The third kappa shape index (κ3) is 4.73. The normalized spacial score (nSPS) is 19.5. The standard InChI is InChI=1S/C16H24N2O3S/c1-12(9-14-6-4-8-22-14)10-17-16(20)18-7-3-5-13(11-18)15(19)21-2/h4,6,8,12-13H,3,5,7,9-11H2,1-2H3,(H,17,20)/t12-,13-/m1/s1. The molecule has 2 amide bonds. The molecule has 0 radical (unpaired) electrons. The number of hydrogen-bond donors (Lipinski definition) is 1. The van der Waals surface area contributed by atoms with Crippen LogP contribution in [0.15, 0.2) is 17.5 Å². The van der Waals surface area contributed by atoms with Crippen molar-refractivity contribution in [3.05, 3.63) is 22.4 Å². The average Bonchev–Trinajstić information content (AvgIpc) is 3.04. The number of urea groups is 1. The Morgan fingerprint density at radius 2 is 2.36 bits per heavy atom. The Morgan fingerprint density at radius 3 is 3.05 bits per heavy atom. The van der Waals surface area contributed by atoms with Crippen LogP contribution in [-0.4, -0.2) is 43.6 Å². The summed E-state index contributed by atoms with van der Waals surface area (Å²) in [5, 5.41) is 5.05. The van der Waals surface area contributed by atoms with E-state index in [2.05, 4.69) is 23.7 Å². The Hall–Kier alpha value is -1.56. The van der Waals surface area contributed by atoms with Crippen molar-refractivity contribution >= 4 is 23.3 Å². The summed E-state index contributed by atoms with van der Waals surface area (Å²) in [4.78, 5) is 26.9. The molecule has 2 rings (SSSR count). The molecule has 0 unspecified atom stereocenters. The minimum atomic E-state index is -0.219. The number of likely N-dealkylation sites (tertiary alicyclic amines) is 1. The largest absolute Gasteiger partial charge is 0.469 e. The van der Waals surface area contributed by atoms with Crippen LogP contribution >= 0.6 is 11.3 Å². The van der Waals surface area contributed by atoms with Crippen molar-refractivity contribution in [2.75, 3.05) is 26.7 Å². The third-order valence-electron chi connectivity index (χ3n) is 3.97. The van der Waals surface area contributed by atoms with Crippen LogP contribution in [0.1, 0.15) is 24.6 Å². The number of carbonyl (C=O) groups excluding carboxylic acids is 2. The third-order valence-corrected chi connectivity index (χ3v) is 4.87. The van der Waals surface area contributed by atoms with Gasteiger partial charge in [-0.05, 0) is 36.6 Å². The SMILES string of the molecule is COC(=O)[C@@H]1CCCN(C(=O)NC[C@H](C)Cc2cccs2)C1. The Labute approximate surface area is 135 Å². The molecule has 122 valence electrons. The molecular formula is C16H24N2O3S. The van der Waals surface area contributed by atoms with Crippen LogP contribution in [0, 0.1) is 11.8 Å².